The van der Waals surface area contributed by atoms with Crippen molar-refractivity contribution in [1.82, 2.24) is 4.90 Å². The van der Waals surface area contributed by atoms with Gasteiger partial charge in [-0.2, -0.15) is 0 Å². The van der Waals surface area contributed by atoms with E-state index in [1.54, 1.807) is 6.92 Å². The molecule has 1 saturated heterocycles. The molecule has 0 aromatic heterocycles. The van der Waals surface area contributed by atoms with Crippen molar-refractivity contribution in [3.8, 4) is 0 Å². The van der Waals surface area contributed by atoms with E-state index in [4.69, 9.17) is 0 Å². The van der Waals surface area contributed by atoms with Crippen LogP contribution in [-0.4, -0.2) is 35.0 Å². The topological polar surface area (TPSA) is 57.6 Å². The van der Waals surface area contributed by atoms with Crippen molar-refractivity contribution >= 4 is 11.9 Å². The number of carbonyl (C=O) groups is 2. The van der Waals surface area contributed by atoms with Gasteiger partial charge in [0.05, 0.1) is 5.92 Å². The molecule has 1 amide bonds. The summed E-state index contributed by atoms with van der Waals surface area (Å²) in [7, 11) is 0. The molecule has 1 aliphatic heterocycles. The average molecular weight is 343 g/mol. The van der Waals surface area contributed by atoms with Crippen LogP contribution in [0.2, 0.25) is 0 Å². The Morgan fingerprint density at radius 3 is 2.32 bits per heavy atom. The molecule has 0 spiro atoms. The quantitative estimate of drug-likeness (QED) is 0.890. The van der Waals surface area contributed by atoms with E-state index < -0.39 is 17.8 Å². The second kappa shape index (κ2) is 7.59. The van der Waals surface area contributed by atoms with Gasteiger partial charge in [0.25, 0.3) is 0 Å². The SMILES string of the molecule is Cc1ccccc1CC(C(=O)O)C(C)C(=O)N1C[C@H]2CCCC[C@H]2C1. The number of rotatable bonds is 5. The Morgan fingerprint density at radius 1 is 1.16 bits per heavy atom. The van der Waals surface area contributed by atoms with E-state index in [1.165, 1.54) is 25.7 Å². The smallest absolute Gasteiger partial charge is 0.307 e. The number of hydrogen-bond donors (Lipinski definition) is 1. The Hall–Kier alpha value is -1.84. The molecule has 4 nitrogen and oxygen atoms in total. The van der Waals surface area contributed by atoms with Gasteiger partial charge in [-0.1, -0.05) is 44.0 Å². The molecule has 3 rings (SSSR count). The van der Waals surface area contributed by atoms with E-state index in [0.29, 0.717) is 18.3 Å². The summed E-state index contributed by atoms with van der Waals surface area (Å²) in [6.45, 7) is 5.43. The van der Waals surface area contributed by atoms with Gasteiger partial charge >= 0.3 is 5.97 Å². The third kappa shape index (κ3) is 3.88. The van der Waals surface area contributed by atoms with E-state index >= 15 is 0 Å². The molecular formula is C21H29NO3. The molecule has 0 radical (unpaired) electrons. The van der Waals surface area contributed by atoms with E-state index in [1.807, 2.05) is 36.1 Å². The largest absolute Gasteiger partial charge is 0.481 e. The summed E-state index contributed by atoms with van der Waals surface area (Å²) < 4.78 is 0. The number of nitrogens with zero attached hydrogens (tertiary/aromatic N) is 1. The van der Waals surface area contributed by atoms with Crippen LogP contribution in [0.1, 0.15) is 43.7 Å². The Morgan fingerprint density at radius 2 is 1.76 bits per heavy atom. The lowest BCUT2D eigenvalue weighted by Gasteiger charge is -2.25. The maximum atomic E-state index is 13.0. The number of benzene rings is 1. The first-order valence-corrected chi connectivity index (χ1v) is 9.53. The van der Waals surface area contributed by atoms with Gasteiger partial charge in [0, 0.05) is 19.0 Å². The highest BCUT2D eigenvalue weighted by Gasteiger charge is 2.40. The number of fused-ring (bicyclic) bond motifs is 1. The fourth-order valence-electron chi connectivity index (χ4n) is 4.60. The molecule has 1 aromatic carbocycles. The maximum Gasteiger partial charge on any atom is 0.307 e. The van der Waals surface area contributed by atoms with Crippen molar-refractivity contribution in [2.75, 3.05) is 13.1 Å². The highest BCUT2D eigenvalue weighted by molar-refractivity contribution is 5.85. The minimum absolute atomic E-state index is 0.0235. The summed E-state index contributed by atoms with van der Waals surface area (Å²) in [4.78, 5) is 26.8. The zero-order chi connectivity index (χ0) is 18.0. The Bertz CT molecular complexity index is 628. The molecule has 1 aromatic rings. The third-order valence-corrected chi connectivity index (χ3v) is 6.30. The molecule has 0 bridgehead atoms. The van der Waals surface area contributed by atoms with Crippen LogP contribution in [0.4, 0.5) is 0 Å². The first-order valence-electron chi connectivity index (χ1n) is 9.53. The number of aryl methyl sites for hydroxylation is 1. The van der Waals surface area contributed by atoms with Crippen molar-refractivity contribution in [1.29, 1.82) is 0 Å². The molecule has 4 atom stereocenters. The summed E-state index contributed by atoms with van der Waals surface area (Å²) in [6.07, 6.45) is 5.38. The summed E-state index contributed by atoms with van der Waals surface area (Å²) >= 11 is 0. The van der Waals surface area contributed by atoms with Crippen molar-refractivity contribution in [2.24, 2.45) is 23.7 Å². The van der Waals surface area contributed by atoms with Gasteiger partial charge in [-0.15, -0.1) is 0 Å². The molecule has 136 valence electrons. The van der Waals surface area contributed by atoms with Crippen molar-refractivity contribution < 1.29 is 14.7 Å². The van der Waals surface area contributed by atoms with Gasteiger partial charge in [-0.25, -0.2) is 0 Å². The van der Waals surface area contributed by atoms with E-state index in [0.717, 1.165) is 24.2 Å². The number of carbonyl (C=O) groups excluding carboxylic acids is 1. The Labute approximate surface area is 150 Å². The third-order valence-electron chi connectivity index (χ3n) is 6.30. The van der Waals surface area contributed by atoms with Crippen LogP contribution < -0.4 is 0 Å². The van der Waals surface area contributed by atoms with Gasteiger partial charge in [0.1, 0.15) is 0 Å². The molecule has 1 saturated carbocycles. The minimum Gasteiger partial charge on any atom is -0.481 e. The van der Waals surface area contributed by atoms with Gasteiger partial charge < -0.3 is 10.0 Å². The highest BCUT2D eigenvalue weighted by Crippen LogP contribution is 2.37. The normalized spacial score (nSPS) is 25.3. The van der Waals surface area contributed by atoms with E-state index in [-0.39, 0.29) is 5.91 Å². The van der Waals surface area contributed by atoms with Crippen molar-refractivity contribution in [3.05, 3.63) is 35.4 Å². The number of carboxylic acid groups (broad SMARTS) is 1. The number of carboxylic acids is 1. The van der Waals surface area contributed by atoms with Crippen LogP contribution in [-0.2, 0) is 16.0 Å². The van der Waals surface area contributed by atoms with Crippen molar-refractivity contribution in [2.45, 2.75) is 46.0 Å². The van der Waals surface area contributed by atoms with Crippen LogP contribution >= 0.6 is 0 Å². The molecule has 1 aliphatic carbocycles. The summed E-state index contributed by atoms with van der Waals surface area (Å²) in [5.74, 6) is -0.751. The second-order valence-corrected chi connectivity index (χ2v) is 7.91. The molecule has 2 unspecified atom stereocenters. The summed E-state index contributed by atoms with van der Waals surface area (Å²) in [5, 5.41) is 9.72. The summed E-state index contributed by atoms with van der Waals surface area (Å²) in [5.41, 5.74) is 2.10. The number of likely N-dealkylation sites (tertiary alicyclic amines) is 1. The molecule has 2 fully saturated rings. The maximum absolute atomic E-state index is 13.0. The zero-order valence-corrected chi connectivity index (χ0v) is 15.3. The van der Waals surface area contributed by atoms with Crippen LogP contribution in [0.15, 0.2) is 24.3 Å². The fraction of sp³-hybridized carbons (Fsp3) is 0.619. The molecule has 25 heavy (non-hydrogen) atoms. The highest BCUT2D eigenvalue weighted by atomic mass is 16.4. The first-order chi connectivity index (χ1) is 12.0. The molecular weight excluding hydrogens is 314 g/mol. The van der Waals surface area contributed by atoms with Gasteiger partial charge in [-0.05, 0) is 49.1 Å². The molecule has 1 heterocycles. The predicted octanol–water partition coefficient (Wildman–Crippen LogP) is 3.52. The Kier molecular flexibility index (Phi) is 5.45. The summed E-state index contributed by atoms with van der Waals surface area (Å²) in [6, 6.07) is 7.84. The fourth-order valence-corrected chi connectivity index (χ4v) is 4.60. The van der Waals surface area contributed by atoms with Crippen LogP contribution in [0.3, 0.4) is 0 Å². The average Bonchev–Trinajstić information content (AvgIpc) is 3.03. The predicted molar refractivity (Wildman–Crippen MR) is 97.2 cm³/mol. The lowest BCUT2D eigenvalue weighted by molar-refractivity contribution is -0.149. The number of amides is 1. The first kappa shape index (κ1) is 18.0. The standard InChI is InChI=1S/C21H29NO3/c1-14-7-3-4-8-16(14)11-19(21(24)25)15(2)20(23)22-12-17-9-5-6-10-18(17)13-22/h3-4,7-8,15,17-19H,5-6,9-13H2,1-2H3,(H,24,25)/t15?,17-,18+,19?. The molecule has 4 heteroatoms. The van der Waals surface area contributed by atoms with Crippen LogP contribution in [0.5, 0.6) is 0 Å². The molecule has 2 aliphatic rings. The second-order valence-electron chi connectivity index (χ2n) is 7.91. The van der Waals surface area contributed by atoms with E-state index in [9.17, 15) is 14.7 Å². The monoisotopic (exact) mass is 343 g/mol. The number of aliphatic carboxylic acids is 1. The zero-order valence-electron chi connectivity index (χ0n) is 15.3. The van der Waals surface area contributed by atoms with Crippen LogP contribution in [0.25, 0.3) is 0 Å². The Balaban J connectivity index is 1.70. The van der Waals surface area contributed by atoms with Gasteiger partial charge in [-0.3, -0.25) is 9.59 Å². The van der Waals surface area contributed by atoms with Gasteiger partial charge in [0.15, 0.2) is 0 Å². The lowest BCUT2D eigenvalue weighted by atomic mass is 9.82. The van der Waals surface area contributed by atoms with Crippen LogP contribution in [0, 0.1) is 30.6 Å². The van der Waals surface area contributed by atoms with Crippen molar-refractivity contribution in [3.63, 3.8) is 0 Å². The minimum atomic E-state index is -0.874. The van der Waals surface area contributed by atoms with E-state index in [2.05, 4.69) is 0 Å². The molecule has 1 N–H and O–H groups in total. The van der Waals surface area contributed by atoms with Gasteiger partial charge in [0.2, 0.25) is 5.91 Å². The number of hydrogen-bond acceptors (Lipinski definition) is 2. The lowest BCUT2D eigenvalue weighted by Crippen LogP contribution is -2.39.